The molecule has 3 N–H and O–H groups in total. The number of hydrogen-bond donors (Lipinski definition) is 3. The fourth-order valence-electron chi connectivity index (χ4n) is 6.61. The summed E-state index contributed by atoms with van der Waals surface area (Å²) < 4.78 is 0. The maximum atomic E-state index is 5.18. The molecular formula is C40H29N5. The summed E-state index contributed by atoms with van der Waals surface area (Å²) in [7, 11) is 0. The van der Waals surface area contributed by atoms with E-state index in [4.69, 9.17) is 9.97 Å². The minimum Gasteiger partial charge on any atom is -0.354 e. The Morgan fingerprint density at radius 3 is 1.60 bits per heavy atom. The Labute approximate surface area is 259 Å². The SMILES string of the molecule is Cc1ccc(-c2c3nc(cc4[nH]c(cc5nc(c(-c6ccc(C)cc6)c6ccc2[nH]6)C=C5)c2c5ccccc5[nH]c42)C=C3)cc1. The highest BCUT2D eigenvalue weighted by Gasteiger charge is 2.16. The molecule has 2 aliphatic heterocycles. The standard InChI is InChI=1S/C40H29N5/c1-23-7-11-25(12-8-23)37-31-17-15-27(41-31)21-35-39-29-5-3-4-6-30(29)45-40(39)36(44-35)22-28-16-18-32(42-28)38(34-20-19-33(37)43-34)26-13-9-24(2)10-14-26/h3-22,43-45H,1-2H3. The number of nitrogens with one attached hydrogen (secondary N) is 3. The molecule has 45 heavy (non-hydrogen) atoms. The van der Waals surface area contributed by atoms with E-state index in [1.807, 2.05) is 0 Å². The van der Waals surface area contributed by atoms with Gasteiger partial charge in [0.25, 0.3) is 0 Å². The van der Waals surface area contributed by atoms with Crippen molar-refractivity contribution in [2.75, 3.05) is 0 Å². The van der Waals surface area contributed by atoms with Crippen LogP contribution < -0.4 is 0 Å². The fraction of sp³-hybridized carbons (Fsp3) is 0.0500. The van der Waals surface area contributed by atoms with Crippen LogP contribution in [0.1, 0.15) is 33.9 Å². The number of aryl methyl sites for hydroxylation is 2. The Hall–Kier alpha value is -5.94. The third-order valence-electron chi connectivity index (χ3n) is 8.84. The van der Waals surface area contributed by atoms with Crippen molar-refractivity contribution in [3.8, 4) is 22.3 Å². The Kier molecular flexibility index (Phi) is 5.56. The highest BCUT2D eigenvalue weighted by atomic mass is 14.8. The maximum absolute atomic E-state index is 5.18. The first-order valence-electron chi connectivity index (χ1n) is 15.3. The average Bonchev–Trinajstić information content (AvgIpc) is 3.88. The molecule has 0 saturated carbocycles. The molecule has 2 aliphatic rings. The molecule has 5 nitrogen and oxygen atoms in total. The summed E-state index contributed by atoms with van der Waals surface area (Å²) in [6.07, 6.45) is 8.44. The second-order valence-corrected chi connectivity index (χ2v) is 11.9. The largest absolute Gasteiger partial charge is 0.354 e. The summed E-state index contributed by atoms with van der Waals surface area (Å²) in [6.45, 7) is 4.23. The number of rotatable bonds is 2. The van der Waals surface area contributed by atoms with Gasteiger partial charge in [-0.1, -0.05) is 77.9 Å². The number of benzene rings is 3. The smallest absolute Gasteiger partial charge is 0.0736 e. The van der Waals surface area contributed by atoms with Gasteiger partial charge < -0.3 is 15.0 Å². The number of fused-ring (bicyclic) bond motifs is 13. The van der Waals surface area contributed by atoms with E-state index in [0.717, 1.165) is 83.5 Å². The number of aromatic nitrogens is 5. The van der Waals surface area contributed by atoms with Crippen molar-refractivity contribution >= 4 is 68.2 Å². The summed E-state index contributed by atoms with van der Waals surface area (Å²) in [5.41, 5.74) is 16.6. The summed E-state index contributed by atoms with van der Waals surface area (Å²) in [5, 5.41) is 2.33. The molecule has 7 aromatic rings. The van der Waals surface area contributed by atoms with Gasteiger partial charge in [0.1, 0.15) is 0 Å². The molecule has 4 aromatic heterocycles. The minimum absolute atomic E-state index is 0.891. The average molecular weight is 580 g/mol. The van der Waals surface area contributed by atoms with Crippen LogP contribution >= 0.6 is 0 Å². The van der Waals surface area contributed by atoms with Crippen LogP contribution in [0.3, 0.4) is 0 Å². The first-order valence-corrected chi connectivity index (χ1v) is 15.3. The molecule has 0 aliphatic carbocycles. The number of H-pyrrole nitrogens is 3. The predicted molar refractivity (Wildman–Crippen MR) is 189 cm³/mol. The van der Waals surface area contributed by atoms with Gasteiger partial charge >= 0.3 is 0 Å². The summed E-state index contributed by atoms with van der Waals surface area (Å²) in [5.74, 6) is 0. The quantitative estimate of drug-likeness (QED) is 0.191. The van der Waals surface area contributed by atoms with Gasteiger partial charge in [-0.3, -0.25) is 0 Å². The lowest BCUT2D eigenvalue weighted by molar-refractivity contribution is 1.31. The number of aromatic amines is 3. The van der Waals surface area contributed by atoms with Gasteiger partial charge in [0.15, 0.2) is 0 Å². The summed E-state index contributed by atoms with van der Waals surface area (Å²) in [4.78, 5) is 21.5. The Balaban J connectivity index is 1.46. The fourth-order valence-corrected chi connectivity index (χ4v) is 6.61. The monoisotopic (exact) mass is 579 g/mol. The van der Waals surface area contributed by atoms with E-state index < -0.39 is 0 Å². The lowest BCUT2D eigenvalue weighted by Crippen LogP contribution is -1.87. The second-order valence-electron chi connectivity index (χ2n) is 11.9. The summed E-state index contributed by atoms with van der Waals surface area (Å²) >= 11 is 0. The van der Waals surface area contributed by atoms with E-state index in [-0.39, 0.29) is 0 Å². The Bertz CT molecular complexity index is 2540. The lowest BCUT2D eigenvalue weighted by Gasteiger charge is -2.06. The molecule has 3 aromatic carbocycles. The van der Waals surface area contributed by atoms with E-state index >= 15 is 0 Å². The Morgan fingerprint density at radius 1 is 0.467 bits per heavy atom. The van der Waals surface area contributed by atoms with Crippen molar-refractivity contribution in [3.05, 3.63) is 131 Å². The number of hydrogen-bond acceptors (Lipinski definition) is 2. The van der Waals surface area contributed by atoms with Gasteiger partial charge in [-0.05, 0) is 79.6 Å². The van der Waals surface area contributed by atoms with E-state index in [0.29, 0.717) is 0 Å². The molecule has 5 heteroatoms. The molecule has 0 unspecified atom stereocenters. The topological polar surface area (TPSA) is 73.2 Å². The van der Waals surface area contributed by atoms with Gasteiger partial charge in [0.05, 0.1) is 39.3 Å². The predicted octanol–water partition coefficient (Wildman–Crippen LogP) is 10.2. The van der Waals surface area contributed by atoms with Gasteiger partial charge in [-0.15, -0.1) is 0 Å². The van der Waals surface area contributed by atoms with E-state index in [1.165, 1.54) is 16.5 Å². The first-order chi connectivity index (χ1) is 22.1. The molecule has 0 spiro atoms. The van der Waals surface area contributed by atoms with Gasteiger partial charge in [-0.2, -0.15) is 0 Å². The zero-order valence-electron chi connectivity index (χ0n) is 24.9. The normalized spacial score (nSPS) is 12.5. The molecule has 0 saturated heterocycles. The minimum atomic E-state index is 0.891. The Morgan fingerprint density at radius 2 is 1.00 bits per heavy atom. The van der Waals surface area contributed by atoms with Crippen molar-refractivity contribution in [2.24, 2.45) is 0 Å². The molecular weight excluding hydrogens is 550 g/mol. The molecule has 6 heterocycles. The van der Waals surface area contributed by atoms with Crippen molar-refractivity contribution < 1.29 is 0 Å². The zero-order chi connectivity index (χ0) is 30.1. The van der Waals surface area contributed by atoms with Crippen LogP contribution in [-0.4, -0.2) is 24.9 Å². The van der Waals surface area contributed by atoms with Crippen LogP contribution in [0, 0.1) is 13.8 Å². The van der Waals surface area contributed by atoms with Gasteiger partial charge in [0, 0.05) is 38.4 Å². The lowest BCUT2D eigenvalue weighted by atomic mass is 10.0. The van der Waals surface area contributed by atoms with Crippen molar-refractivity contribution in [3.63, 3.8) is 0 Å². The van der Waals surface area contributed by atoms with Crippen molar-refractivity contribution in [1.29, 1.82) is 0 Å². The maximum Gasteiger partial charge on any atom is 0.0736 e. The van der Waals surface area contributed by atoms with E-state index in [2.05, 4.69) is 150 Å². The molecule has 0 radical (unpaired) electrons. The number of nitrogens with zero attached hydrogens (tertiary/aromatic N) is 2. The second kappa shape index (κ2) is 9.79. The van der Waals surface area contributed by atoms with Crippen molar-refractivity contribution in [2.45, 2.75) is 13.8 Å². The molecule has 8 bridgehead atoms. The highest BCUT2D eigenvalue weighted by molar-refractivity contribution is 6.20. The first kappa shape index (κ1) is 25.5. The van der Waals surface area contributed by atoms with E-state index in [1.54, 1.807) is 0 Å². The zero-order valence-corrected chi connectivity index (χ0v) is 24.9. The highest BCUT2D eigenvalue weighted by Crippen LogP contribution is 2.36. The van der Waals surface area contributed by atoms with Gasteiger partial charge in [-0.25, -0.2) is 9.97 Å². The molecule has 214 valence electrons. The van der Waals surface area contributed by atoms with Crippen LogP contribution in [-0.2, 0) is 0 Å². The van der Waals surface area contributed by atoms with Gasteiger partial charge in [0.2, 0.25) is 0 Å². The van der Waals surface area contributed by atoms with Crippen LogP contribution in [0.25, 0.3) is 90.4 Å². The molecule has 0 fully saturated rings. The van der Waals surface area contributed by atoms with Crippen LogP contribution in [0.5, 0.6) is 0 Å². The third kappa shape index (κ3) is 4.24. The van der Waals surface area contributed by atoms with Crippen molar-refractivity contribution in [1.82, 2.24) is 24.9 Å². The third-order valence-corrected chi connectivity index (χ3v) is 8.84. The molecule has 9 rings (SSSR count). The van der Waals surface area contributed by atoms with Crippen LogP contribution in [0.4, 0.5) is 0 Å². The number of para-hydroxylation sites is 1. The van der Waals surface area contributed by atoms with E-state index in [9.17, 15) is 0 Å². The molecule has 0 atom stereocenters. The van der Waals surface area contributed by atoms with Crippen LogP contribution in [0.15, 0.2) is 97.1 Å². The van der Waals surface area contributed by atoms with Crippen LogP contribution in [0.2, 0.25) is 0 Å². The summed E-state index contributed by atoms with van der Waals surface area (Å²) in [6, 6.07) is 34.4. The molecule has 0 amide bonds.